The van der Waals surface area contributed by atoms with Crippen molar-refractivity contribution in [3.8, 4) is 0 Å². The molecular formula is C17H17FO2. The van der Waals surface area contributed by atoms with E-state index in [0.29, 0.717) is 6.42 Å². The lowest BCUT2D eigenvalue weighted by Gasteiger charge is -2.16. The number of carboxylic acid groups (broad SMARTS) is 1. The number of rotatable bonds is 4. The molecule has 2 nitrogen and oxygen atoms in total. The van der Waals surface area contributed by atoms with Crippen LogP contribution in [0.1, 0.15) is 28.2 Å². The van der Waals surface area contributed by atoms with Crippen molar-refractivity contribution in [1.82, 2.24) is 0 Å². The minimum atomic E-state index is -0.886. The van der Waals surface area contributed by atoms with E-state index in [1.807, 2.05) is 38.1 Å². The smallest absolute Gasteiger partial charge is 0.311 e. The monoisotopic (exact) mass is 272 g/mol. The van der Waals surface area contributed by atoms with Gasteiger partial charge in [-0.1, -0.05) is 30.3 Å². The number of hydrogen-bond donors (Lipinski definition) is 1. The molecule has 0 spiro atoms. The average Bonchev–Trinajstić information content (AvgIpc) is 2.40. The molecule has 0 saturated heterocycles. The number of hydrogen-bond acceptors (Lipinski definition) is 1. The number of aryl methyl sites for hydroxylation is 2. The highest BCUT2D eigenvalue weighted by Crippen LogP contribution is 2.26. The molecule has 0 saturated carbocycles. The summed E-state index contributed by atoms with van der Waals surface area (Å²) in [6, 6.07) is 11.9. The Bertz CT molecular complexity index is 635. The zero-order valence-corrected chi connectivity index (χ0v) is 11.6. The van der Waals surface area contributed by atoms with Crippen LogP contribution in [-0.4, -0.2) is 11.1 Å². The molecule has 104 valence electrons. The molecule has 0 bridgehead atoms. The Morgan fingerprint density at radius 2 is 1.85 bits per heavy atom. The average molecular weight is 272 g/mol. The van der Waals surface area contributed by atoms with E-state index in [-0.39, 0.29) is 5.82 Å². The summed E-state index contributed by atoms with van der Waals surface area (Å²) in [4.78, 5) is 11.6. The fourth-order valence-corrected chi connectivity index (χ4v) is 2.39. The quantitative estimate of drug-likeness (QED) is 0.917. The van der Waals surface area contributed by atoms with Gasteiger partial charge >= 0.3 is 5.97 Å². The van der Waals surface area contributed by atoms with Gasteiger partial charge in [0.25, 0.3) is 0 Å². The Hall–Kier alpha value is -2.16. The fourth-order valence-electron chi connectivity index (χ4n) is 2.39. The molecule has 2 aromatic rings. The third-order valence-electron chi connectivity index (χ3n) is 3.60. The van der Waals surface area contributed by atoms with Crippen LogP contribution in [0.4, 0.5) is 4.39 Å². The van der Waals surface area contributed by atoms with E-state index in [1.54, 1.807) is 6.07 Å². The predicted octanol–water partition coefficient (Wildman–Crippen LogP) is 3.85. The van der Waals surface area contributed by atoms with Gasteiger partial charge in [0.15, 0.2) is 0 Å². The van der Waals surface area contributed by atoms with Gasteiger partial charge in [-0.3, -0.25) is 4.79 Å². The lowest BCUT2D eigenvalue weighted by molar-refractivity contribution is -0.138. The molecule has 3 heteroatoms. The maximum absolute atomic E-state index is 13.3. The highest BCUT2D eigenvalue weighted by atomic mass is 19.1. The van der Waals surface area contributed by atoms with Gasteiger partial charge in [0, 0.05) is 0 Å². The Morgan fingerprint density at radius 3 is 2.50 bits per heavy atom. The number of carboxylic acids is 1. The molecule has 0 heterocycles. The van der Waals surface area contributed by atoms with Gasteiger partial charge in [-0.15, -0.1) is 0 Å². The molecule has 2 rings (SSSR count). The molecule has 0 radical (unpaired) electrons. The van der Waals surface area contributed by atoms with Crippen LogP contribution in [0.3, 0.4) is 0 Å². The predicted molar refractivity (Wildman–Crippen MR) is 76.4 cm³/mol. The summed E-state index contributed by atoms with van der Waals surface area (Å²) in [7, 11) is 0. The molecule has 0 aromatic heterocycles. The normalized spacial score (nSPS) is 12.2. The van der Waals surface area contributed by atoms with Gasteiger partial charge in [0.1, 0.15) is 5.82 Å². The Morgan fingerprint density at radius 1 is 1.15 bits per heavy atom. The minimum Gasteiger partial charge on any atom is -0.481 e. The lowest BCUT2D eigenvalue weighted by Crippen LogP contribution is -2.16. The van der Waals surface area contributed by atoms with Crippen LogP contribution in [0.15, 0.2) is 42.5 Å². The van der Waals surface area contributed by atoms with E-state index in [9.17, 15) is 14.3 Å². The molecule has 2 aromatic carbocycles. The van der Waals surface area contributed by atoms with Crippen LogP contribution in [0.5, 0.6) is 0 Å². The van der Waals surface area contributed by atoms with E-state index in [0.717, 1.165) is 22.3 Å². The number of halogens is 1. The van der Waals surface area contributed by atoms with Crippen LogP contribution in [0.25, 0.3) is 0 Å². The largest absolute Gasteiger partial charge is 0.481 e. The van der Waals surface area contributed by atoms with Crippen molar-refractivity contribution in [2.45, 2.75) is 26.2 Å². The summed E-state index contributed by atoms with van der Waals surface area (Å²) in [5.74, 6) is -1.88. The maximum Gasteiger partial charge on any atom is 0.311 e. The van der Waals surface area contributed by atoms with Crippen molar-refractivity contribution in [2.24, 2.45) is 0 Å². The van der Waals surface area contributed by atoms with Gasteiger partial charge in [-0.25, -0.2) is 4.39 Å². The Kier molecular flexibility index (Phi) is 4.18. The molecule has 1 atom stereocenters. The third kappa shape index (κ3) is 3.05. The zero-order chi connectivity index (χ0) is 14.7. The molecule has 0 aliphatic heterocycles. The third-order valence-corrected chi connectivity index (χ3v) is 3.60. The second kappa shape index (κ2) is 5.87. The van der Waals surface area contributed by atoms with E-state index in [2.05, 4.69) is 0 Å². The second-order valence-electron chi connectivity index (χ2n) is 5.02. The maximum atomic E-state index is 13.3. The molecule has 1 N–H and O–H groups in total. The van der Waals surface area contributed by atoms with Crippen molar-refractivity contribution < 1.29 is 14.3 Å². The topological polar surface area (TPSA) is 37.3 Å². The van der Waals surface area contributed by atoms with Gasteiger partial charge in [0.2, 0.25) is 0 Å². The van der Waals surface area contributed by atoms with Crippen molar-refractivity contribution in [2.75, 3.05) is 0 Å². The van der Waals surface area contributed by atoms with E-state index < -0.39 is 11.9 Å². The molecule has 20 heavy (non-hydrogen) atoms. The first-order valence-corrected chi connectivity index (χ1v) is 6.52. The summed E-state index contributed by atoms with van der Waals surface area (Å²) in [6.45, 7) is 3.76. The summed E-state index contributed by atoms with van der Waals surface area (Å²) >= 11 is 0. The van der Waals surface area contributed by atoms with Gasteiger partial charge in [0.05, 0.1) is 5.92 Å². The zero-order valence-electron chi connectivity index (χ0n) is 11.6. The fraction of sp³-hybridized carbons (Fsp3) is 0.235. The van der Waals surface area contributed by atoms with Crippen LogP contribution < -0.4 is 0 Å². The van der Waals surface area contributed by atoms with Crippen LogP contribution in [-0.2, 0) is 11.2 Å². The summed E-state index contributed by atoms with van der Waals surface area (Å²) in [5.41, 5.74) is 3.37. The van der Waals surface area contributed by atoms with E-state index in [4.69, 9.17) is 0 Å². The lowest BCUT2D eigenvalue weighted by atomic mass is 9.88. The molecule has 0 aliphatic carbocycles. The number of benzene rings is 2. The standard InChI is InChI=1S/C17H17FO2/c1-11-7-8-14(18)9-13(11)10-16(17(19)20)15-6-4-3-5-12(15)2/h3-9,16H,10H2,1-2H3,(H,19,20). The van der Waals surface area contributed by atoms with Crippen LogP contribution in [0, 0.1) is 19.7 Å². The molecule has 0 amide bonds. The van der Waals surface area contributed by atoms with Crippen LogP contribution >= 0.6 is 0 Å². The SMILES string of the molecule is Cc1ccc(F)cc1CC(C(=O)O)c1ccccc1C. The van der Waals surface area contributed by atoms with Gasteiger partial charge < -0.3 is 5.11 Å². The van der Waals surface area contributed by atoms with Gasteiger partial charge in [-0.05, 0) is 54.7 Å². The van der Waals surface area contributed by atoms with Crippen molar-refractivity contribution in [3.05, 3.63) is 70.5 Å². The summed E-state index contributed by atoms with van der Waals surface area (Å²) in [6.07, 6.45) is 0.295. The first kappa shape index (κ1) is 14.3. The second-order valence-corrected chi connectivity index (χ2v) is 5.02. The number of aliphatic carboxylic acids is 1. The Balaban J connectivity index is 2.38. The highest BCUT2D eigenvalue weighted by molar-refractivity contribution is 5.77. The summed E-state index contributed by atoms with van der Waals surface area (Å²) < 4.78 is 13.3. The molecular weight excluding hydrogens is 255 g/mol. The van der Waals surface area contributed by atoms with Crippen LogP contribution in [0.2, 0.25) is 0 Å². The first-order chi connectivity index (χ1) is 9.49. The number of carbonyl (C=O) groups is 1. The minimum absolute atomic E-state index is 0.295. The summed E-state index contributed by atoms with van der Waals surface area (Å²) in [5, 5.41) is 9.48. The van der Waals surface area contributed by atoms with Crippen molar-refractivity contribution >= 4 is 5.97 Å². The highest BCUT2D eigenvalue weighted by Gasteiger charge is 2.22. The molecule has 0 aliphatic rings. The molecule has 0 fully saturated rings. The Labute approximate surface area is 117 Å². The molecule has 1 unspecified atom stereocenters. The van der Waals surface area contributed by atoms with Crippen molar-refractivity contribution in [1.29, 1.82) is 0 Å². The van der Waals surface area contributed by atoms with Crippen molar-refractivity contribution in [3.63, 3.8) is 0 Å². The van der Waals surface area contributed by atoms with Gasteiger partial charge in [-0.2, -0.15) is 0 Å². The first-order valence-electron chi connectivity index (χ1n) is 6.52. The van der Waals surface area contributed by atoms with E-state index in [1.165, 1.54) is 12.1 Å². The van der Waals surface area contributed by atoms with E-state index >= 15 is 0 Å².